The van der Waals surface area contributed by atoms with Gasteiger partial charge in [0.05, 0.1) is 0 Å². The van der Waals surface area contributed by atoms with E-state index in [1.54, 1.807) is 0 Å². The maximum Gasteiger partial charge on any atom is 0.0370 e. The normalized spacial score (nSPS) is 32.3. The molecule has 0 amide bonds. The van der Waals surface area contributed by atoms with Crippen LogP contribution in [0.1, 0.15) is 38.3 Å². The zero-order valence-corrected chi connectivity index (χ0v) is 12.6. The van der Waals surface area contributed by atoms with Gasteiger partial charge >= 0.3 is 0 Å². The Balaban J connectivity index is 1.96. The van der Waals surface area contributed by atoms with Crippen LogP contribution in [0.15, 0.2) is 27.6 Å². The Bertz CT molecular complexity index is 430. The molecule has 0 radical (unpaired) electrons. The summed E-state index contributed by atoms with van der Waals surface area (Å²) in [6.45, 7) is 4.73. The number of rotatable bonds is 2. The number of hydrogen-bond donors (Lipinski definition) is 1. The third kappa shape index (κ3) is 2.42. The second-order valence-electron chi connectivity index (χ2n) is 5.28. The molecule has 1 saturated carbocycles. The molecule has 2 aliphatic rings. The molecule has 0 aromatic heterocycles. The van der Waals surface area contributed by atoms with E-state index < -0.39 is 0 Å². The molecular formula is C14H18BrNS. The lowest BCUT2D eigenvalue weighted by Crippen LogP contribution is -2.35. The summed E-state index contributed by atoms with van der Waals surface area (Å²) in [7, 11) is 0. The van der Waals surface area contributed by atoms with Crippen molar-refractivity contribution in [3.05, 3.63) is 28.2 Å². The molecule has 3 atom stereocenters. The molecule has 17 heavy (non-hydrogen) atoms. The minimum atomic E-state index is 0.534. The van der Waals surface area contributed by atoms with Crippen LogP contribution >= 0.6 is 27.7 Å². The van der Waals surface area contributed by atoms with Crippen molar-refractivity contribution in [2.75, 3.05) is 0 Å². The first-order chi connectivity index (χ1) is 8.15. The molecule has 1 aromatic rings. The van der Waals surface area contributed by atoms with Crippen LogP contribution in [0.3, 0.4) is 0 Å². The van der Waals surface area contributed by atoms with Gasteiger partial charge in [-0.3, -0.25) is 0 Å². The highest BCUT2D eigenvalue weighted by molar-refractivity contribution is 9.10. The number of halogens is 1. The van der Waals surface area contributed by atoms with Gasteiger partial charge in [0.25, 0.3) is 0 Å². The average Bonchev–Trinajstić information content (AvgIpc) is 3.10. The minimum Gasteiger partial charge on any atom is -0.307 e. The summed E-state index contributed by atoms with van der Waals surface area (Å²) in [4.78, 5) is 1.46. The number of fused-ring (bicyclic) bond motifs is 1. The Morgan fingerprint density at radius 2 is 2.06 bits per heavy atom. The molecule has 0 spiro atoms. The van der Waals surface area contributed by atoms with Gasteiger partial charge in [0, 0.05) is 26.7 Å². The first-order valence-electron chi connectivity index (χ1n) is 6.37. The monoisotopic (exact) mass is 311 g/mol. The van der Waals surface area contributed by atoms with Gasteiger partial charge in [-0.15, -0.1) is 11.8 Å². The zero-order chi connectivity index (χ0) is 12.0. The second-order valence-corrected chi connectivity index (χ2v) is 7.62. The largest absolute Gasteiger partial charge is 0.307 e. The van der Waals surface area contributed by atoms with Crippen molar-refractivity contribution in [3.63, 3.8) is 0 Å². The Morgan fingerprint density at radius 1 is 1.29 bits per heavy atom. The summed E-state index contributed by atoms with van der Waals surface area (Å²) >= 11 is 5.62. The quantitative estimate of drug-likeness (QED) is 0.870. The van der Waals surface area contributed by atoms with E-state index in [9.17, 15) is 0 Å². The third-order valence-electron chi connectivity index (χ3n) is 3.88. The molecule has 1 aromatic carbocycles. The number of hydrogen-bond acceptors (Lipinski definition) is 2. The van der Waals surface area contributed by atoms with Crippen LogP contribution in [-0.2, 0) is 0 Å². The van der Waals surface area contributed by atoms with Gasteiger partial charge in [-0.25, -0.2) is 0 Å². The van der Waals surface area contributed by atoms with Crippen LogP contribution in [0, 0.1) is 5.92 Å². The van der Waals surface area contributed by atoms with Gasteiger partial charge in [-0.1, -0.05) is 29.8 Å². The zero-order valence-electron chi connectivity index (χ0n) is 10.2. The van der Waals surface area contributed by atoms with Crippen molar-refractivity contribution in [2.45, 2.75) is 48.9 Å². The van der Waals surface area contributed by atoms with Crippen LogP contribution in [0.2, 0.25) is 0 Å². The topological polar surface area (TPSA) is 12.0 Å². The standard InChI is InChI=1S/C14H18BrNS/c1-8-9(2)17-13-6-3-10(15)7-12(13)14(8)16-11-4-5-11/h3,6-9,11,14,16H,4-5H2,1-2H3. The fourth-order valence-corrected chi connectivity index (χ4v) is 4.10. The van der Waals surface area contributed by atoms with E-state index in [0.717, 1.165) is 6.04 Å². The van der Waals surface area contributed by atoms with Crippen molar-refractivity contribution in [3.8, 4) is 0 Å². The lowest BCUT2D eigenvalue weighted by atomic mass is 9.91. The smallest absolute Gasteiger partial charge is 0.0370 e. The number of nitrogens with one attached hydrogen (secondary N) is 1. The molecule has 3 unspecified atom stereocenters. The Hall–Kier alpha value is 0.01000. The molecule has 0 bridgehead atoms. The summed E-state index contributed by atoms with van der Waals surface area (Å²) in [6.07, 6.45) is 2.71. The Labute approximate surface area is 116 Å². The van der Waals surface area contributed by atoms with Crippen molar-refractivity contribution >= 4 is 27.7 Å². The highest BCUT2D eigenvalue weighted by Crippen LogP contribution is 2.45. The number of thioether (sulfide) groups is 1. The highest BCUT2D eigenvalue weighted by Gasteiger charge is 2.35. The molecule has 1 aliphatic heterocycles. The van der Waals surface area contributed by atoms with Gasteiger partial charge in [0.2, 0.25) is 0 Å². The van der Waals surface area contributed by atoms with Gasteiger partial charge < -0.3 is 5.32 Å². The summed E-state index contributed by atoms with van der Waals surface area (Å²) in [5.41, 5.74) is 1.49. The molecule has 92 valence electrons. The maximum atomic E-state index is 3.82. The summed E-state index contributed by atoms with van der Waals surface area (Å²) in [6, 6.07) is 8.01. The fourth-order valence-electron chi connectivity index (χ4n) is 2.48. The molecule has 1 fully saturated rings. The highest BCUT2D eigenvalue weighted by atomic mass is 79.9. The Kier molecular flexibility index (Phi) is 3.26. The predicted molar refractivity (Wildman–Crippen MR) is 77.5 cm³/mol. The van der Waals surface area contributed by atoms with Crippen molar-refractivity contribution in [2.24, 2.45) is 5.92 Å². The van der Waals surface area contributed by atoms with E-state index in [1.807, 2.05) is 11.8 Å². The molecule has 1 heterocycles. The van der Waals surface area contributed by atoms with E-state index in [4.69, 9.17) is 0 Å². The predicted octanol–water partition coefficient (Wildman–Crippen LogP) is 4.37. The fraction of sp³-hybridized carbons (Fsp3) is 0.571. The van der Waals surface area contributed by atoms with Crippen molar-refractivity contribution in [1.29, 1.82) is 0 Å². The van der Waals surface area contributed by atoms with E-state index in [2.05, 4.69) is 53.3 Å². The second kappa shape index (κ2) is 4.60. The van der Waals surface area contributed by atoms with Crippen LogP contribution in [-0.4, -0.2) is 11.3 Å². The Morgan fingerprint density at radius 3 is 2.76 bits per heavy atom. The van der Waals surface area contributed by atoms with E-state index in [0.29, 0.717) is 17.2 Å². The molecule has 1 N–H and O–H groups in total. The first-order valence-corrected chi connectivity index (χ1v) is 8.04. The van der Waals surface area contributed by atoms with Crippen LogP contribution in [0.25, 0.3) is 0 Å². The van der Waals surface area contributed by atoms with Crippen LogP contribution < -0.4 is 5.32 Å². The summed E-state index contributed by atoms with van der Waals surface area (Å²) in [5, 5.41) is 4.52. The SMILES string of the molecule is CC1Sc2ccc(Br)cc2C(NC2CC2)C1C. The molecule has 1 aliphatic carbocycles. The van der Waals surface area contributed by atoms with Crippen molar-refractivity contribution < 1.29 is 0 Å². The van der Waals surface area contributed by atoms with Crippen LogP contribution in [0.5, 0.6) is 0 Å². The van der Waals surface area contributed by atoms with Crippen LogP contribution in [0.4, 0.5) is 0 Å². The van der Waals surface area contributed by atoms with Gasteiger partial charge in [-0.05, 0) is 42.5 Å². The summed E-state index contributed by atoms with van der Waals surface area (Å²) < 4.78 is 1.20. The summed E-state index contributed by atoms with van der Waals surface area (Å²) in [5.74, 6) is 0.697. The first kappa shape index (κ1) is 12.1. The van der Waals surface area contributed by atoms with Gasteiger partial charge in [0.15, 0.2) is 0 Å². The number of benzene rings is 1. The molecule has 1 nitrogen and oxygen atoms in total. The molecule has 3 rings (SSSR count). The minimum absolute atomic E-state index is 0.534. The van der Waals surface area contributed by atoms with E-state index in [-0.39, 0.29) is 0 Å². The maximum absolute atomic E-state index is 3.82. The van der Waals surface area contributed by atoms with Gasteiger partial charge in [-0.2, -0.15) is 0 Å². The molecule has 0 saturated heterocycles. The molecule has 3 heteroatoms. The lowest BCUT2D eigenvalue weighted by molar-refractivity contribution is 0.369. The van der Waals surface area contributed by atoms with E-state index in [1.165, 1.54) is 27.8 Å². The molecular weight excluding hydrogens is 294 g/mol. The average molecular weight is 312 g/mol. The van der Waals surface area contributed by atoms with Gasteiger partial charge in [0.1, 0.15) is 0 Å². The van der Waals surface area contributed by atoms with Crippen molar-refractivity contribution in [1.82, 2.24) is 5.32 Å². The lowest BCUT2D eigenvalue weighted by Gasteiger charge is -2.36. The van der Waals surface area contributed by atoms with E-state index >= 15 is 0 Å². The third-order valence-corrected chi connectivity index (χ3v) is 5.80.